The molecular weight excluding hydrogens is 336 g/mol. The number of aryl methyl sites for hydroxylation is 1. The molecule has 0 aliphatic carbocycles. The lowest BCUT2D eigenvalue weighted by molar-refractivity contribution is -0.146. The Kier molecular flexibility index (Phi) is 6.12. The van der Waals surface area contributed by atoms with E-state index in [4.69, 9.17) is 16.3 Å². The van der Waals surface area contributed by atoms with E-state index in [0.29, 0.717) is 16.3 Å². The van der Waals surface area contributed by atoms with Crippen LogP contribution in [0.25, 0.3) is 0 Å². The van der Waals surface area contributed by atoms with Crippen molar-refractivity contribution >= 4 is 34.8 Å². The molecule has 0 unspecified atom stereocenters. The van der Waals surface area contributed by atoms with E-state index >= 15 is 0 Å². The van der Waals surface area contributed by atoms with E-state index in [2.05, 4.69) is 10.3 Å². The molecule has 1 aromatic heterocycles. The van der Waals surface area contributed by atoms with Crippen molar-refractivity contribution < 1.29 is 14.3 Å². The lowest BCUT2D eigenvalue weighted by Gasteiger charge is -2.13. The van der Waals surface area contributed by atoms with Gasteiger partial charge >= 0.3 is 5.97 Å². The van der Waals surface area contributed by atoms with Crippen molar-refractivity contribution in [2.45, 2.75) is 32.9 Å². The normalized spacial score (nSPS) is 11.8. The van der Waals surface area contributed by atoms with Crippen molar-refractivity contribution in [2.75, 3.05) is 0 Å². The number of benzene rings is 1. The number of esters is 1. The second-order valence-corrected chi connectivity index (χ2v) is 6.22. The minimum absolute atomic E-state index is 0.0988. The highest BCUT2D eigenvalue weighted by Gasteiger charge is 2.19. The molecule has 1 atom stereocenters. The smallest absolute Gasteiger partial charge is 0.328 e. The van der Waals surface area contributed by atoms with Crippen LogP contribution in [0.5, 0.6) is 0 Å². The van der Waals surface area contributed by atoms with Crippen LogP contribution in [-0.2, 0) is 22.6 Å². The Labute approximate surface area is 143 Å². The van der Waals surface area contributed by atoms with Crippen molar-refractivity contribution in [2.24, 2.45) is 0 Å². The van der Waals surface area contributed by atoms with Gasteiger partial charge in [0, 0.05) is 5.38 Å². The molecule has 1 aromatic carbocycles. The summed E-state index contributed by atoms with van der Waals surface area (Å²) in [4.78, 5) is 28.3. The molecule has 0 radical (unpaired) electrons. The Morgan fingerprint density at radius 2 is 2.13 bits per heavy atom. The molecule has 0 aliphatic heterocycles. The Morgan fingerprint density at radius 1 is 1.39 bits per heavy atom. The number of aromatic nitrogens is 1. The molecule has 7 heteroatoms. The van der Waals surface area contributed by atoms with Gasteiger partial charge in [-0.1, -0.05) is 30.7 Å². The zero-order valence-corrected chi connectivity index (χ0v) is 14.4. The SMILES string of the molecule is CCc1nc(COC(=O)[C@H](C)NC(=O)c2ccccc2Cl)cs1. The molecular formula is C16H17ClN2O3S. The van der Waals surface area contributed by atoms with Crippen LogP contribution in [-0.4, -0.2) is 22.9 Å². The average molecular weight is 353 g/mol. The zero-order chi connectivity index (χ0) is 16.8. The van der Waals surface area contributed by atoms with Crippen molar-refractivity contribution in [1.29, 1.82) is 0 Å². The van der Waals surface area contributed by atoms with Crippen molar-refractivity contribution in [3.63, 3.8) is 0 Å². The minimum Gasteiger partial charge on any atom is -0.458 e. The van der Waals surface area contributed by atoms with E-state index in [0.717, 1.165) is 11.4 Å². The Bertz CT molecular complexity index is 702. The molecule has 0 saturated carbocycles. The Hall–Kier alpha value is -1.92. The summed E-state index contributed by atoms with van der Waals surface area (Å²) in [5.74, 6) is -0.932. The fourth-order valence-corrected chi connectivity index (χ4v) is 2.78. The van der Waals surface area contributed by atoms with Gasteiger partial charge in [0.1, 0.15) is 12.6 Å². The van der Waals surface area contributed by atoms with Crippen molar-refractivity contribution in [1.82, 2.24) is 10.3 Å². The lowest BCUT2D eigenvalue weighted by atomic mass is 10.2. The van der Waals surface area contributed by atoms with Gasteiger partial charge in [-0.05, 0) is 25.5 Å². The predicted octanol–water partition coefficient (Wildman–Crippen LogP) is 3.22. The van der Waals surface area contributed by atoms with Gasteiger partial charge in [-0.3, -0.25) is 4.79 Å². The molecule has 0 bridgehead atoms. The Morgan fingerprint density at radius 3 is 2.78 bits per heavy atom. The molecule has 2 aromatic rings. The number of carbonyl (C=O) groups is 2. The van der Waals surface area contributed by atoms with Gasteiger partial charge in [0.2, 0.25) is 0 Å². The number of hydrogen-bond acceptors (Lipinski definition) is 5. The van der Waals surface area contributed by atoms with E-state index in [-0.39, 0.29) is 6.61 Å². The summed E-state index contributed by atoms with van der Waals surface area (Å²) in [6.07, 6.45) is 0.850. The largest absolute Gasteiger partial charge is 0.458 e. The molecule has 0 fully saturated rings. The Balaban J connectivity index is 1.87. The van der Waals surface area contributed by atoms with Gasteiger partial charge in [0.05, 0.1) is 21.3 Å². The fraction of sp³-hybridized carbons (Fsp3) is 0.312. The number of amides is 1. The maximum atomic E-state index is 12.1. The summed E-state index contributed by atoms with van der Waals surface area (Å²) in [5, 5.41) is 5.76. The van der Waals surface area contributed by atoms with Crippen molar-refractivity contribution in [3.8, 4) is 0 Å². The fourth-order valence-electron chi connectivity index (χ4n) is 1.83. The van der Waals surface area contributed by atoms with Crippen LogP contribution in [0.3, 0.4) is 0 Å². The number of halogens is 1. The summed E-state index contributed by atoms with van der Waals surface area (Å²) in [6.45, 7) is 3.68. The monoisotopic (exact) mass is 352 g/mol. The third kappa shape index (κ3) is 4.77. The predicted molar refractivity (Wildman–Crippen MR) is 89.7 cm³/mol. The molecule has 1 heterocycles. The van der Waals surface area contributed by atoms with Gasteiger partial charge in [0.15, 0.2) is 0 Å². The third-order valence-electron chi connectivity index (χ3n) is 3.08. The van der Waals surface area contributed by atoms with Gasteiger partial charge in [-0.15, -0.1) is 11.3 Å². The number of carbonyl (C=O) groups excluding carboxylic acids is 2. The number of hydrogen-bond donors (Lipinski definition) is 1. The molecule has 23 heavy (non-hydrogen) atoms. The van der Waals surface area contributed by atoms with Crippen LogP contribution >= 0.6 is 22.9 Å². The van der Waals surface area contributed by atoms with Crippen LogP contribution in [0, 0.1) is 0 Å². The minimum atomic E-state index is -0.775. The summed E-state index contributed by atoms with van der Waals surface area (Å²) in [6, 6.07) is 5.87. The van der Waals surface area contributed by atoms with Crippen LogP contribution in [0.15, 0.2) is 29.6 Å². The molecule has 0 saturated heterocycles. The molecule has 0 aliphatic rings. The highest BCUT2D eigenvalue weighted by molar-refractivity contribution is 7.09. The molecule has 1 N–H and O–H groups in total. The van der Waals surface area contributed by atoms with Crippen molar-refractivity contribution in [3.05, 3.63) is 50.9 Å². The topological polar surface area (TPSA) is 68.3 Å². The molecule has 122 valence electrons. The van der Waals surface area contributed by atoms with Gasteiger partial charge < -0.3 is 10.1 Å². The number of ether oxygens (including phenoxy) is 1. The first-order chi connectivity index (χ1) is 11.0. The number of nitrogens with one attached hydrogen (secondary N) is 1. The van der Waals surface area contributed by atoms with E-state index in [1.165, 1.54) is 11.3 Å². The first-order valence-corrected chi connectivity index (χ1v) is 8.42. The standard InChI is InChI=1S/C16H17ClN2O3S/c1-3-14-19-11(9-23-14)8-22-16(21)10(2)18-15(20)12-6-4-5-7-13(12)17/h4-7,9-10H,3,8H2,1-2H3,(H,18,20)/t10-/m0/s1. The van der Waals surface area contributed by atoms with Gasteiger partial charge in [-0.2, -0.15) is 0 Å². The molecule has 0 spiro atoms. The third-order valence-corrected chi connectivity index (χ3v) is 4.46. The van der Waals surface area contributed by atoms with E-state index in [1.54, 1.807) is 31.2 Å². The quantitative estimate of drug-likeness (QED) is 0.810. The first kappa shape index (κ1) is 17.4. The summed E-state index contributed by atoms with van der Waals surface area (Å²) >= 11 is 7.49. The number of thiazole rings is 1. The molecule has 1 amide bonds. The first-order valence-electron chi connectivity index (χ1n) is 7.16. The lowest BCUT2D eigenvalue weighted by Crippen LogP contribution is -2.39. The number of rotatable bonds is 6. The maximum Gasteiger partial charge on any atom is 0.328 e. The highest BCUT2D eigenvalue weighted by Crippen LogP contribution is 2.15. The summed E-state index contributed by atoms with van der Waals surface area (Å²) < 4.78 is 5.17. The molecule has 2 rings (SSSR count). The second-order valence-electron chi connectivity index (χ2n) is 4.87. The van der Waals surface area contributed by atoms with Crippen LogP contribution < -0.4 is 5.32 Å². The highest BCUT2D eigenvalue weighted by atomic mass is 35.5. The zero-order valence-electron chi connectivity index (χ0n) is 12.8. The number of nitrogens with zero attached hydrogens (tertiary/aromatic N) is 1. The molecule has 5 nitrogen and oxygen atoms in total. The average Bonchev–Trinajstić information content (AvgIpc) is 3.00. The summed E-state index contributed by atoms with van der Waals surface area (Å²) in [5.41, 5.74) is 1.03. The van der Waals surface area contributed by atoms with E-state index in [1.807, 2.05) is 12.3 Å². The van der Waals surface area contributed by atoms with Gasteiger partial charge in [-0.25, -0.2) is 9.78 Å². The van der Waals surface area contributed by atoms with E-state index < -0.39 is 17.9 Å². The van der Waals surface area contributed by atoms with Crippen LogP contribution in [0.1, 0.15) is 34.9 Å². The maximum absolute atomic E-state index is 12.1. The van der Waals surface area contributed by atoms with Gasteiger partial charge in [0.25, 0.3) is 5.91 Å². The second kappa shape index (κ2) is 8.08. The van der Waals surface area contributed by atoms with Crippen LogP contribution in [0.2, 0.25) is 5.02 Å². The summed E-state index contributed by atoms with van der Waals surface area (Å²) in [7, 11) is 0. The van der Waals surface area contributed by atoms with E-state index in [9.17, 15) is 9.59 Å². The van der Waals surface area contributed by atoms with Crippen LogP contribution in [0.4, 0.5) is 0 Å².